The van der Waals surface area contributed by atoms with Crippen LogP contribution in [0.15, 0.2) is 29.6 Å². The van der Waals surface area contributed by atoms with Crippen LogP contribution in [0.5, 0.6) is 0 Å². The van der Waals surface area contributed by atoms with Crippen LogP contribution in [0.3, 0.4) is 0 Å². The van der Waals surface area contributed by atoms with Crippen LogP contribution in [-0.4, -0.2) is 0 Å². The van der Waals surface area contributed by atoms with Crippen molar-refractivity contribution in [2.24, 2.45) is 17.6 Å². The molecule has 3 rings (SSSR count). The lowest BCUT2D eigenvalue weighted by Gasteiger charge is -2.29. The van der Waals surface area contributed by atoms with Gasteiger partial charge in [0.05, 0.1) is 0 Å². The van der Waals surface area contributed by atoms with Gasteiger partial charge in [-0.05, 0) is 53.5 Å². The number of fused-ring (bicyclic) bond motifs is 1. The summed E-state index contributed by atoms with van der Waals surface area (Å²) in [6.07, 6.45) is 6.15. The third-order valence-corrected chi connectivity index (χ3v) is 6.08. The van der Waals surface area contributed by atoms with Gasteiger partial charge in [-0.25, -0.2) is 0 Å². The molecule has 108 valence electrons. The average Bonchev–Trinajstić information content (AvgIpc) is 2.81. The van der Waals surface area contributed by atoms with Gasteiger partial charge in [0.15, 0.2) is 0 Å². The quantitative estimate of drug-likeness (QED) is 0.746. The Labute approximate surface area is 126 Å². The summed E-state index contributed by atoms with van der Waals surface area (Å²) in [5.41, 5.74) is 8.14. The number of hydrogen-bond acceptors (Lipinski definition) is 2. The summed E-state index contributed by atoms with van der Waals surface area (Å²) in [4.78, 5) is 0. The van der Waals surface area contributed by atoms with Gasteiger partial charge < -0.3 is 5.73 Å². The Morgan fingerprint density at radius 2 is 2.05 bits per heavy atom. The monoisotopic (exact) mass is 287 g/mol. The van der Waals surface area contributed by atoms with E-state index in [0.29, 0.717) is 0 Å². The maximum Gasteiger partial charge on any atom is 0.0424 e. The number of thiophene rings is 1. The van der Waals surface area contributed by atoms with Crippen LogP contribution in [0.25, 0.3) is 10.1 Å². The molecule has 2 atom stereocenters. The van der Waals surface area contributed by atoms with Crippen LogP contribution in [-0.2, 0) is 5.54 Å². The molecule has 1 aliphatic carbocycles. The third-order valence-electron chi connectivity index (χ3n) is 5.12. The zero-order chi connectivity index (χ0) is 14.2. The molecule has 1 aromatic carbocycles. The van der Waals surface area contributed by atoms with Crippen LogP contribution in [0.4, 0.5) is 0 Å². The molecule has 0 aliphatic heterocycles. The summed E-state index contributed by atoms with van der Waals surface area (Å²) in [6.45, 7) is 4.71. The molecule has 1 fully saturated rings. The van der Waals surface area contributed by atoms with E-state index in [2.05, 4.69) is 43.5 Å². The van der Waals surface area contributed by atoms with E-state index in [1.165, 1.54) is 34.9 Å². The second-order valence-corrected chi connectivity index (χ2v) is 7.65. The first kappa shape index (κ1) is 14.1. The number of rotatable bonds is 2. The van der Waals surface area contributed by atoms with Crippen molar-refractivity contribution in [2.75, 3.05) is 0 Å². The van der Waals surface area contributed by atoms with Crippen LogP contribution in [0, 0.1) is 11.8 Å². The van der Waals surface area contributed by atoms with E-state index in [1.807, 2.05) is 11.3 Å². The first-order chi connectivity index (χ1) is 9.60. The Kier molecular flexibility index (Phi) is 3.87. The summed E-state index contributed by atoms with van der Waals surface area (Å²) in [5.74, 6) is 1.64. The first-order valence-corrected chi connectivity index (χ1v) is 8.74. The molecule has 2 heteroatoms. The highest BCUT2D eigenvalue weighted by Crippen LogP contribution is 2.41. The minimum atomic E-state index is -0.117. The van der Waals surface area contributed by atoms with Crippen LogP contribution < -0.4 is 5.73 Å². The van der Waals surface area contributed by atoms with Gasteiger partial charge in [0, 0.05) is 10.2 Å². The Hall–Kier alpha value is -0.860. The van der Waals surface area contributed by atoms with Gasteiger partial charge in [-0.15, -0.1) is 11.3 Å². The van der Waals surface area contributed by atoms with Crippen molar-refractivity contribution in [3.05, 3.63) is 35.2 Å². The lowest BCUT2D eigenvalue weighted by atomic mass is 9.82. The lowest BCUT2D eigenvalue weighted by Crippen LogP contribution is -2.36. The lowest BCUT2D eigenvalue weighted by molar-refractivity contribution is 0.326. The highest BCUT2D eigenvalue weighted by molar-refractivity contribution is 7.17. The van der Waals surface area contributed by atoms with Crippen molar-refractivity contribution in [1.29, 1.82) is 0 Å². The molecule has 1 saturated carbocycles. The van der Waals surface area contributed by atoms with Crippen LogP contribution in [0.1, 0.15) is 51.5 Å². The number of nitrogens with two attached hydrogens (primary N) is 1. The molecule has 20 heavy (non-hydrogen) atoms. The number of hydrogen-bond donors (Lipinski definition) is 1. The molecule has 0 bridgehead atoms. The van der Waals surface area contributed by atoms with Crippen molar-refractivity contribution >= 4 is 21.4 Å². The van der Waals surface area contributed by atoms with E-state index in [4.69, 9.17) is 5.73 Å². The van der Waals surface area contributed by atoms with Crippen molar-refractivity contribution in [3.8, 4) is 0 Å². The first-order valence-electron chi connectivity index (χ1n) is 7.86. The normalized spacial score (nSPS) is 27.9. The Morgan fingerprint density at radius 1 is 1.20 bits per heavy atom. The summed E-state index contributed by atoms with van der Waals surface area (Å²) >= 11 is 1.84. The highest BCUT2D eigenvalue weighted by atomic mass is 32.1. The van der Waals surface area contributed by atoms with Gasteiger partial charge in [-0.1, -0.05) is 44.9 Å². The van der Waals surface area contributed by atoms with Gasteiger partial charge >= 0.3 is 0 Å². The fourth-order valence-corrected chi connectivity index (χ4v) is 4.73. The predicted octanol–water partition coefficient (Wildman–Crippen LogP) is 5.29. The molecular weight excluding hydrogens is 262 g/mol. The molecule has 2 N–H and O–H groups in total. The molecule has 1 heterocycles. The molecule has 0 spiro atoms. The molecule has 0 amide bonds. The van der Waals surface area contributed by atoms with Gasteiger partial charge in [0.1, 0.15) is 0 Å². The molecule has 0 radical (unpaired) electrons. The topological polar surface area (TPSA) is 26.0 Å². The van der Waals surface area contributed by atoms with E-state index in [-0.39, 0.29) is 5.54 Å². The predicted molar refractivity (Wildman–Crippen MR) is 89.1 cm³/mol. The molecular formula is C18H25NS. The van der Waals surface area contributed by atoms with Gasteiger partial charge in [0.25, 0.3) is 0 Å². The highest BCUT2D eigenvalue weighted by Gasteiger charge is 2.33. The summed E-state index contributed by atoms with van der Waals surface area (Å²) in [5, 5.41) is 3.53. The minimum absolute atomic E-state index is 0.117. The SMILES string of the molecule is CC(C)C1CCCC(N)(c2cccc3ccsc23)CC1. The number of benzene rings is 1. The van der Waals surface area contributed by atoms with Crippen LogP contribution >= 0.6 is 11.3 Å². The van der Waals surface area contributed by atoms with E-state index >= 15 is 0 Å². The molecule has 2 aromatic rings. The second-order valence-electron chi connectivity index (χ2n) is 6.74. The molecule has 1 aliphatic rings. The minimum Gasteiger partial charge on any atom is -0.321 e. The van der Waals surface area contributed by atoms with E-state index in [0.717, 1.165) is 24.7 Å². The molecule has 1 nitrogen and oxygen atoms in total. The summed E-state index contributed by atoms with van der Waals surface area (Å²) < 4.78 is 1.40. The maximum absolute atomic E-state index is 6.87. The summed E-state index contributed by atoms with van der Waals surface area (Å²) in [6, 6.07) is 8.84. The van der Waals surface area contributed by atoms with Crippen molar-refractivity contribution < 1.29 is 0 Å². The zero-order valence-electron chi connectivity index (χ0n) is 12.6. The van der Waals surface area contributed by atoms with Crippen molar-refractivity contribution in [1.82, 2.24) is 0 Å². The maximum atomic E-state index is 6.87. The zero-order valence-corrected chi connectivity index (χ0v) is 13.4. The molecule has 0 saturated heterocycles. The van der Waals surface area contributed by atoms with Crippen molar-refractivity contribution in [2.45, 2.75) is 51.5 Å². The van der Waals surface area contributed by atoms with Crippen molar-refractivity contribution in [3.63, 3.8) is 0 Å². The molecule has 1 aromatic heterocycles. The average molecular weight is 287 g/mol. The largest absolute Gasteiger partial charge is 0.321 e. The Balaban J connectivity index is 1.94. The van der Waals surface area contributed by atoms with Crippen LogP contribution in [0.2, 0.25) is 0 Å². The fraction of sp³-hybridized carbons (Fsp3) is 0.556. The van der Waals surface area contributed by atoms with E-state index < -0.39 is 0 Å². The van der Waals surface area contributed by atoms with Gasteiger partial charge in [-0.2, -0.15) is 0 Å². The van der Waals surface area contributed by atoms with Gasteiger partial charge in [-0.3, -0.25) is 0 Å². The van der Waals surface area contributed by atoms with Gasteiger partial charge in [0.2, 0.25) is 0 Å². The third kappa shape index (κ3) is 2.51. The Morgan fingerprint density at radius 3 is 2.85 bits per heavy atom. The van der Waals surface area contributed by atoms with E-state index in [1.54, 1.807) is 0 Å². The smallest absolute Gasteiger partial charge is 0.0424 e. The van der Waals surface area contributed by atoms with E-state index in [9.17, 15) is 0 Å². The fourth-order valence-electron chi connectivity index (χ4n) is 3.71. The Bertz CT molecular complexity index is 586. The summed E-state index contributed by atoms with van der Waals surface area (Å²) in [7, 11) is 0. The molecule has 2 unspecified atom stereocenters. The standard InChI is InChI=1S/C18H25NS/c1-13(2)14-6-4-10-18(19,11-8-14)16-7-3-5-15-9-12-20-17(15)16/h3,5,7,9,12-14H,4,6,8,10-11,19H2,1-2H3. The second kappa shape index (κ2) is 5.50.